The summed E-state index contributed by atoms with van der Waals surface area (Å²) in [6.45, 7) is 4.87. The summed E-state index contributed by atoms with van der Waals surface area (Å²) in [5, 5.41) is 12.3. The second-order valence-corrected chi connectivity index (χ2v) is 11.0. The number of piperazine rings is 1. The average Bonchev–Trinajstić information content (AvgIpc) is 3.60. The molecule has 0 amide bonds. The second kappa shape index (κ2) is 10.7. The van der Waals surface area contributed by atoms with Gasteiger partial charge in [0, 0.05) is 77.5 Å². The van der Waals surface area contributed by atoms with Gasteiger partial charge >= 0.3 is 0 Å². The Kier molecular flexibility index (Phi) is 7.26. The summed E-state index contributed by atoms with van der Waals surface area (Å²) in [6.07, 6.45) is 9.68. The Bertz CT molecular complexity index is 1410. The Morgan fingerprint density at radius 3 is 2.30 bits per heavy atom. The summed E-state index contributed by atoms with van der Waals surface area (Å²) < 4.78 is 28.4. The van der Waals surface area contributed by atoms with E-state index in [4.69, 9.17) is 0 Å². The van der Waals surface area contributed by atoms with Crippen LogP contribution in [0.1, 0.15) is 5.56 Å². The molecule has 194 valence electrons. The van der Waals surface area contributed by atoms with Crippen LogP contribution < -0.4 is 4.90 Å². The summed E-state index contributed by atoms with van der Waals surface area (Å²) in [5.41, 5.74) is 2.96. The minimum atomic E-state index is -3.54. The molecule has 13 heteroatoms. The van der Waals surface area contributed by atoms with Crippen molar-refractivity contribution in [2.45, 2.75) is 11.4 Å². The predicted octanol–water partition coefficient (Wildman–Crippen LogP) is 0.960. The monoisotopic (exact) mass is 522 g/mol. The van der Waals surface area contributed by atoms with E-state index < -0.39 is 10.0 Å². The van der Waals surface area contributed by atoms with E-state index in [0.29, 0.717) is 19.6 Å². The normalized spacial score (nSPS) is 14.9. The zero-order valence-corrected chi connectivity index (χ0v) is 21.7. The molecule has 0 unspecified atom stereocenters. The average molecular weight is 523 g/mol. The molecule has 0 atom stereocenters. The minimum Gasteiger partial charge on any atom is -0.352 e. The van der Waals surface area contributed by atoms with Gasteiger partial charge in [0.05, 0.1) is 25.1 Å². The summed E-state index contributed by atoms with van der Waals surface area (Å²) in [4.78, 5) is 15.7. The number of aromatic nitrogens is 7. The van der Waals surface area contributed by atoms with Gasteiger partial charge < -0.3 is 4.90 Å². The molecule has 0 saturated carbocycles. The van der Waals surface area contributed by atoms with Gasteiger partial charge in [-0.2, -0.15) is 24.4 Å². The van der Waals surface area contributed by atoms with Gasteiger partial charge in [-0.05, 0) is 5.56 Å². The smallest absolute Gasteiger partial charge is 0.245 e. The van der Waals surface area contributed by atoms with Crippen molar-refractivity contribution in [1.82, 2.24) is 43.9 Å². The van der Waals surface area contributed by atoms with E-state index in [1.165, 1.54) is 21.4 Å². The highest BCUT2D eigenvalue weighted by Gasteiger charge is 2.25. The van der Waals surface area contributed by atoms with E-state index in [1.54, 1.807) is 43.7 Å². The maximum absolute atomic E-state index is 12.8. The lowest BCUT2D eigenvalue weighted by Crippen LogP contribution is -2.49. The third-order valence-electron chi connectivity index (χ3n) is 6.49. The first-order valence-electron chi connectivity index (χ1n) is 12.1. The first-order chi connectivity index (χ1) is 17.9. The number of likely N-dealkylation sites (N-methyl/N-ethyl adjacent to an activating group) is 1. The molecule has 1 saturated heterocycles. The van der Waals surface area contributed by atoms with Crippen molar-refractivity contribution in [2.24, 2.45) is 7.05 Å². The standard InChI is InChI=1S/C24H30N10O2S/c1-30-19-22(17-29-30)37(35,36)31(2)11-12-32-13-15-33(16-14-32)24-23(25-7-8-26-24)21-5-3-20(4-6-21)18-34-27-9-10-28-34/h3-10,17,19H,11-16,18H2,1-2H3. The number of hydrogen-bond acceptors (Lipinski definition) is 9. The van der Waals surface area contributed by atoms with Crippen LogP contribution in [0.4, 0.5) is 5.82 Å². The van der Waals surface area contributed by atoms with Crippen LogP contribution in [0.15, 0.2) is 66.3 Å². The molecule has 5 rings (SSSR count). The van der Waals surface area contributed by atoms with Gasteiger partial charge in [-0.25, -0.2) is 13.4 Å². The van der Waals surface area contributed by atoms with Gasteiger partial charge in [0.25, 0.3) is 0 Å². The molecule has 4 heterocycles. The fourth-order valence-electron chi connectivity index (χ4n) is 4.32. The van der Waals surface area contributed by atoms with Crippen molar-refractivity contribution < 1.29 is 8.42 Å². The van der Waals surface area contributed by atoms with Crippen molar-refractivity contribution in [3.63, 3.8) is 0 Å². The van der Waals surface area contributed by atoms with E-state index in [1.807, 2.05) is 0 Å². The molecule has 0 bridgehead atoms. The van der Waals surface area contributed by atoms with Crippen molar-refractivity contribution in [3.8, 4) is 11.3 Å². The fraction of sp³-hybridized carbons (Fsp3) is 0.375. The highest BCUT2D eigenvalue weighted by atomic mass is 32.2. The lowest BCUT2D eigenvalue weighted by Gasteiger charge is -2.36. The lowest BCUT2D eigenvalue weighted by atomic mass is 10.1. The fourth-order valence-corrected chi connectivity index (χ4v) is 5.47. The minimum absolute atomic E-state index is 0.212. The Hall–Kier alpha value is -3.68. The molecule has 0 N–H and O–H groups in total. The van der Waals surface area contributed by atoms with Gasteiger partial charge in [-0.1, -0.05) is 24.3 Å². The summed E-state index contributed by atoms with van der Waals surface area (Å²) in [7, 11) is -0.223. The van der Waals surface area contributed by atoms with E-state index in [-0.39, 0.29) is 4.90 Å². The summed E-state index contributed by atoms with van der Waals surface area (Å²) in [5.74, 6) is 0.861. The quantitative estimate of drug-likeness (QED) is 0.317. The maximum atomic E-state index is 12.8. The Morgan fingerprint density at radius 1 is 0.919 bits per heavy atom. The molecule has 37 heavy (non-hydrogen) atoms. The maximum Gasteiger partial charge on any atom is 0.245 e. The van der Waals surface area contributed by atoms with E-state index >= 15 is 0 Å². The van der Waals surface area contributed by atoms with E-state index in [2.05, 4.69) is 59.3 Å². The molecule has 0 radical (unpaired) electrons. The molecule has 1 aromatic carbocycles. The van der Waals surface area contributed by atoms with Crippen LogP contribution in [0.3, 0.4) is 0 Å². The predicted molar refractivity (Wildman–Crippen MR) is 138 cm³/mol. The SMILES string of the molecule is CN(CCN1CCN(c2nccnc2-c2ccc(Cn3nccn3)cc2)CC1)S(=O)(=O)c1cnn(C)c1. The van der Waals surface area contributed by atoms with Crippen LogP contribution in [0.25, 0.3) is 11.3 Å². The number of hydrogen-bond donors (Lipinski definition) is 0. The summed E-state index contributed by atoms with van der Waals surface area (Å²) >= 11 is 0. The molecule has 1 aliphatic rings. The third-order valence-corrected chi connectivity index (χ3v) is 8.30. The Balaban J connectivity index is 1.19. The number of sulfonamides is 1. The molecule has 3 aromatic heterocycles. The van der Waals surface area contributed by atoms with Gasteiger partial charge in [0.2, 0.25) is 10.0 Å². The van der Waals surface area contributed by atoms with Gasteiger partial charge in [-0.15, -0.1) is 0 Å². The molecule has 4 aromatic rings. The lowest BCUT2D eigenvalue weighted by molar-refractivity contribution is 0.243. The first kappa shape index (κ1) is 25.0. The molecule has 0 spiro atoms. The van der Waals surface area contributed by atoms with Crippen LogP contribution in [0.2, 0.25) is 0 Å². The topological polar surface area (TPSA) is 118 Å². The number of benzene rings is 1. The number of anilines is 1. The van der Waals surface area contributed by atoms with Crippen molar-refractivity contribution in [1.29, 1.82) is 0 Å². The van der Waals surface area contributed by atoms with E-state index in [0.717, 1.165) is 48.8 Å². The van der Waals surface area contributed by atoms with Crippen LogP contribution in [0, 0.1) is 0 Å². The van der Waals surface area contributed by atoms with E-state index in [9.17, 15) is 8.42 Å². The van der Waals surface area contributed by atoms with Crippen LogP contribution in [-0.4, -0.2) is 98.7 Å². The molecular weight excluding hydrogens is 492 g/mol. The third kappa shape index (κ3) is 5.68. The zero-order chi connectivity index (χ0) is 25.8. The van der Waals surface area contributed by atoms with Crippen LogP contribution in [0.5, 0.6) is 0 Å². The molecule has 12 nitrogen and oxygen atoms in total. The number of rotatable bonds is 9. The molecule has 1 aliphatic heterocycles. The zero-order valence-electron chi connectivity index (χ0n) is 20.9. The first-order valence-corrected chi connectivity index (χ1v) is 13.5. The molecule has 1 fully saturated rings. The largest absolute Gasteiger partial charge is 0.352 e. The highest BCUT2D eigenvalue weighted by molar-refractivity contribution is 7.89. The van der Waals surface area contributed by atoms with Gasteiger partial charge in [0.15, 0.2) is 5.82 Å². The van der Waals surface area contributed by atoms with Gasteiger partial charge in [-0.3, -0.25) is 14.6 Å². The second-order valence-electron chi connectivity index (χ2n) is 8.99. The number of nitrogens with zero attached hydrogens (tertiary/aromatic N) is 10. The number of aryl methyl sites for hydroxylation is 1. The van der Waals surface area contributed by atoms with Crippen molar-refractivity contribution in [3.05, 3.63) is 67.0 Å². The van der Waals surface area contributed by atoms with Gasteiger partial charge in [0.1, 0.15) is 10.6 Å². The summed E-state index contributed by atoms with van der Waals surface area (Å²) in [6, 6.07) is 8.23. The van der Waals surface area contributed by atoms with Crippen molar-refractivity contribution in [2.75, 3.05) is 51.2 Å². The van der Waals surface area contributed by atoms with Crippen LogP contribution in [-0.2, 0) is 23.6 Å². The van der Waals surface area contributed by atoms with Crippen LogP contribution >= 0.6 is 0 Å². The Morgan fingerprint density at radius 2 is 1.62 bits per heavy atom. The van der Waals surface area contributed by atoms with Crippen molar-refractivity contribution >= 4 is 15.8 Å². The Labute approximate surface area is 216 Å². The highest BCUT2D eigenvalue weighted by Crippen LogP contribution is 2.27. The molecule has 0 aliphatic carbocycles. The molecular formula is C24H30N10O2S.